The molecule has 1 fully saturated rings. The van der Waals surface area contributed by atoms with Crippen LogP contribution < -0.4 is 10.5 Å². The van der Waals surface area contributed by atoms with Gasteiger partial charge >= 0.3 is 0 Å². The van der Waals surface area contributed by atoms with E-state index in [4.69, 9.17) is 31.3 Å². The molecule has 1 atom stereocenters. The fourth-order valence-corrected chi connectivity index (χ4v) is 3.51. The number of aromatic nitrogens is 1. The summed E-state index contributed by atoms with van der Waals surface area (Å²) >= 11 is 5.89. The zero-order valence-corrected chi connectivity index (χ0v) is 17.2. The van der Waals surface area contributed by atoms with Crippen molar-refractivity contribution in [2.45, 2.75) is 32.3 Å². The van der Waals surface area contributed by atoms with E-state index in [1.165, 1.54) is 0 Å². The minimum Gasteiger partial charge on any atom is -0.490 e. The van der Waals surface area contributed by atoms with Crippen molar-refractivity contribution in [3.8, 4) is 5.75 Å². The van der Waals surface area contributed by atoms with Crippen molar-refractivity contribution in [2.24, 2.45) is 5.73 Å². The smallest absolute Gasteiger partial charge is 0.227 e. The van der Waals surface area contributed by atoms with Gasteiger partial charge < -0.3 is 24.6 Å². The number of halogens is 1. The first-order valence-corrected chi connectivity index (χ1v) is 9.66. The van der Waals surface area contributed by atoms with Gasteiger partial charge in [0.25, 0.3) is 0 Å². The molecule has 1 aromatic heterocycles. The monoisotopic (exact) mass is 421 g/mol. The standard InChI is InChI=1S/C20H24ClN3O5/c1-13-17(14(2)29-23-13)9-19(26)24-7-8-28-20(11-24,10-18(22)25)12-27-16-5-3-15(21)4-6-16/h3-6H,7-12H2,1-2H3,(H2,22,25)/t20-/m0/s1. The first-order valence-electron chi connectivity index (χ1n) is 9.28. The van der Waals surface area contributed by atoms with Crippen LogP contribution in [0.3, 0.4) is 0 Å². The Morgan fingerprint density at radius 3 is 2.66 bits per heavy atom. The molecule has 0 bridgehead atoms. The summed E-state index contributed by atoms with van der Waals surface area (Å²) in [6.45, 7) is 4.56. The number of nitrogens with zero attached hydrogens (tertiary/aromatic N) is 2. The Morgan fingerprint density at radius 2 is 2.03 bits per heavy atom. The van der Waals surface area contributed by atoms with E-state index in [2.05, 4.69) is 5.16 Å². The van der Waals surface area contributed by atoms with Crippen LogP contribution in [0.4, 0.5) is 0 Å². The fourth-order valence-electron chi connectivity index (χ4n) is 3.38. The molecule has 0 aliphatic carbocycles. The van der Waals surface area contributed by atoms with Crippen LogP contribution in [-0.2, 0) is 20.7 Å². The van der Waals surface area contributed by atoms with Crippen LogP contribution in [0.5, 0.6) is 5.75 Å². The second kappa shape index (κ2) is 8.84. The summed E-state index contributed by atoms with van der Waals surface area (Å²) in [6.07, 6.45) is 0.113. The molecule has 0 unspecified atom stereocenters. The topological polar surface area (TPSA) is 108 Å². The van der Waals surface area contributed by atoms with Crippen LogP contribution in [0, 0.1) is 13.8 Å². The molecule has 1 saturated heterocycles. The van der Waals surface area contributed by atoms with Crippen LogP contribution in [0.1, 0.15) is 23.4 Å². The zero-order chi connectivity index (χ0) is 21.0. The maximum atomic E-state index is 12.9. The molecule has 9 heteroatoms. The summed E-state index contributed by atoms with van der Waals surface area (Å²) in [6, 6.07) is 6.87. The van der Waals surface area contributed by atoms with Crippen molar-refractivity contribution in [1.82, 2.24) is 10.1 Å². The quantitative estimate of drug-likeness (QED) is 0.732. The maximum absolute atomic E-state index is 12.9. The average molecular weight is 422 g/mol. The van der Waals surface area contributed by atoms with Gasteiger partial charge in [-0.1, -0.05) is 16.8 Å². The van der Waals surface area contributed by atoms with Crippen LogP contribution in [0.15, 0.2) is 28.8 Å². The van der Waals surface area contributed by atoms with E-state index in [1.54, 1.807) is 43.0 Å². The third kappa shape index (κ3) is 5.27. The zero-order valence-electron chi connectivity index (χ0n) is 16.4. The number of rotatable bonds is 7. The average Bonchev–Trinajstić information content (AvgIpc) is 2.99. The van der Waals surface area contributed by atoms with Crippen LogP contribution in [-0.4, -0.2) is 53.8 Å². The molecule has 29 heavy (non-hydrogen) atoms. The second-order valence-corrected chi connectivity index (χ2v) is 7.65. The summed E-state index contributed by atoms with van der Waals surface area (Å²) in [7, 11) is 0. The molecule has 2 heterocycles. The van der Waals surface area contributed by atoms with Crippen molar-refractivity contribution in [3.05, 3.63) is 46.3 Å². The molecule has 1 aliphatic heterocycles. The Kier molecular flexibility index (Phi) is 6.44. The number of carbonyl (C=O) groups excluding carboxylic acids is 2. The normalized spacial score (nSPS) is 19.2. The van der Waals surface area contributed by atoms with E-state index in [0.29, 0.717) is 28.8 Å². The van der Waals surface area contributed by atoms with Crippen molar-refractivity contribution in [2.75, 3.05) is 26.3 Å². The Hall–Kier alpha value is -2.58. The Morgan fingerprint density at radius 1 is 1.31 bits per heavy atom. The Balaban J connectivity index is 1.72. The minimum absolute atomic E-state index is 0.0598. The number of hydrogen-bond donors (Lipinski definition) is 1. The minimum atomic E-state index is -1.02. The van der Waals surface area contributed by atoms with Gasteiger partial charge in [0, 0.05) is 17.1 Å². The second-order valence-electron chi connectivity index (χ2n) is 7.21. The lowest BCUT2D eigenvalue weighted by Crippen LogP contribution is -2.58. The first-order chi connectivity index (χ1) is 13.8. The number of ether oxygens (including phenoxy) is 2. The SMILES string of the molecule is Cc1noc(C)c1CC(=O)N1CCO[C@@](COc2ccc(Cl)cc2)(CC(N)=O)C1. The van der Waals surface area contributed by atoms with Crippen molar-refractivity contribution < 1.29 is 23.6 Å². The molecule has 1 aliphatic rings. The molecule has 8 nitrogen and oxygen atoms in total. The van der Waals surface area contributed by atoms with E-state index < -0.39 is 11.5 Å². The van der Waals surface area contributed by atoms with Crippen molar-refractivity contribution in [1.29, 1.82) is 0 Å². The predicted molar refractivity (Wildman–Crippen MR) is 106 cm³/mol. The van der Waals surface area contributed by atoms with E-state index in [1.807, 2.05) is 0 Å². The lowest BCUT2D eigenvalue weighted by atomic mass is 9.97. The highest BCUT2D eigenvalue weighted by molar-refractivity contribution is 6.30. The van der Waals surface area contributed by atoms with Crippen LogP contribution in [0.25, 0.3) is 0 Å². The number of benzene rings is 1. The first kappa shape index (κ1) is 21.1. The van der Waals surface area contributed by atoms with Gasteiger partial charge in [0.2, 0.25) is 11.8 Å². The van der Waals surface area contributed by atoms with Gasteiger partial charge in [-0.3, -0.25) is 9.59 Å². The van der Waals surface area contributed by atoms with Gasteiger partial charge in [-0.05, 0) is 38.1 Å². The third-order valence-electron chi connectivity index (χ3n) is 4.92. The molecule has 1 aromatic carbocycles. The molecule has 2 amide bonds. The van der Waals surface area contributed by atoms with Gasteiger partial charge in [0.15, 0.2) is 0 Å². The Labute approximate surface area is 173 Å². The van der Waals surface area contributed by atoms with Crippen LogP contribution in [0.2, 0.25) is 5.02 Å². The molecule has 3 rings (SSSR count). The number of aryl methyl sites for hydroxylation is 2. The third-order valence-corrected chi connectivity index (χ3v) is 5.17. The van der Waals surface area contributed by atoms with Crippen LogP contribution >= 0.6 is 11.6 Å². The van der Waals surface area contributed by atoms with Gasteiger partial charge in [-0.25, -0.2) is 0 Å². The fraction of sp³-hybridized carbons (Fsp3) is 0.450. The lowest BCUT2D eigenvalue weighted by molar-refractivity contribution is -0.161. The highest BCUT2D eigenvalue weighted by atomic mass is 35.5. The van der Waals surface area contributed by atoms with E-state index in [-0.39, 0.29) is 38.5 Å². The molecule has 0 spiro atoms. The number of hydrogen-bond acceptors (Lipinski definition) is 6. The van der Waals surface area contributed by atoms with E-state index >= 15 is 0 Å². The Bertz CT molecular complexity index is 863. The maximum Gasteiger partial charge on any atom is 0.227 e. The molecule has 156 valence electrons. The van der Waals surface area contributed by atoms with Crippen molar-refractivity contribution >= 4 is 23.4 Å². The molecular formula is C20H24ClN3O5. The molecule has 2 N–H and O–H groups in total. The summed E-state index contributed by atoms with van der Waals surface area (Å²) in [5.74, 6) is 0.590. The molecule has 0 saturated carbocycles. The number of morpholine rings is 1. The van der Waals surface area contributed by atoms with E-state index in [0.717, 1.165) is 5.56 Å². The largest absolute Gasteiger partial charge is 0.490 e. The predicted octanol–water partition coefficient (Wildman–Crippen LogP) is 2.04. The number of amides is 2. The number of primary amides is 1. The highest BCUT2D eigenvalue weighted by Gasteiger charge is 2.41. The summed E-state index contributed by atoms with van der Waals surface area (Å²) < 4.78 is 16.9. The molecular weight excluding hydrogens is 398 g/mol. The summed E-state index contributed by atoms with van der Waals surface area (Å²) in [4.78, 5) is 26.3. The van der Waals surface area contributed by atoms with Gasteiger partial charge in [0.05, 0.1) is 31.7 Å². The summed E-state index contributed by atoms with van der Waals surface area (Å²) in [5, 5.41) is 4.48. The van der Waals surface area contributed by atoms with Crippen molar-refractivity contribution in [3.63, 3.8) is 0 Å². The molecule has 0 radical (unpaired) electrons. The summed E-state index contributed by atoms with van der Waals surface area (Å²) in [5.41, 5.74) is 5.91. The highest BCUT2D eigenvalue weighted by Crippen LogP contribution is 2.26. The molecule has 2 aromatic rings. The van der Waals surface area contributed by atoms with Gasteiger partial charge in [-0.2, -0.15) is 0 Å². The lowest BCUT2D eigenvalue weighted by Gasteiger charge is -2.42. The van der Waals surface area contributed by atoms with Gasteiger partial charge in [0.1, 0.15) is 23.7 Å². The number of nitrogens with two attached hydrogens (primary N) is 1. The van der Waals surface area contributed by atoms with E-state index in [9.17, 15) is 9.59 Å². The number of carbonyl (C=O) groups is 2. The van der Waals surface area contributed by atoms with Gasteiger partial charge in [-0.15, -0.1) is 0 Å².